The van der Waals surface area contributed by atoms with Crippen LogP contribution in [0, 0.1) is 0 Å². The highest BCUT2D eigenvalue weighted by Crippen LogP contribution is 2.32. The summed E-state index contributed by atoms with van der Waals surface area (Å²) in [5.74, 6) is -3.03. The molecule has 0 aliphatic carbocycles. The Balaban J connectivity index is 0.000000450. The van der Waals surface area contributed by atoms with Crippen LogP contribution in [-0.2, 0) is 9.59 Å². The number of nitrogens with zero attached hydrogens (tertiary/aromatic N) is 1. The van der Waals surface area contributed by atoms with E-state index in [9.17, 15) is 0 Å². The summed E-state index contributed by atoms with van der Waals surface area (Å²) in [5.41, 5.74) is 0. The predicted octanol–water partition coefficient (Wildman–Crippen LogP) is 3.79. The lowest BCUT2D eigenvalue weighted by Crippen LogP contribution is -2.30. The highest BCUT2D eigenvalue weighted by Gasteiger charge is 2.09. The van der Waals surface area contributed by atoms with Crippen molar-refractivity contribution in [1.82, 2.24) is 4.90 Å². The molecule has 1 aromatic carbocycles. The fourth-order valence-corrected chi connectivity index (χ4v) is 2.92. The monoisotopic (exact) mass is 391 g/mol. The summed E-state index contributed by atoms with van der Waals surface area (Å²) in [6.45, 7) is 4.38. The smallest absolute Gasteiger partial charge is 0.414 e. The number of hydrogen-bond acceptors (Lipinski definition) is 4. The highest BCUT2D eigenvalue weighted by molar-refractivity contribution is 6.37. The van der Waals surface area contributed by atoms with E-state index in [1.807, 2.05) is 6.07 Å². The van der Waals surface area contributed by atoms with Crippen LogP contribution < -0.4 is 4.74 Å². The number of carboxylic acids is 2. The van der Waals surface area contributed by atoms with Crippen molar-refractivity contribution in [3.05, 3.63) is 28.2 Å². The maximum atomic E-state index is 9.10. The van der Waals surface area contributed by atoms with Crippen LogP contribution in [0.3, 0.4) is 0 Å². The fraction of sp³-hybridized carbons (Fsp3) is 0.529. The third-order valence-corrected chi connectivity index (χ3v) is 4.26. The number of benzene rings is 1. The molecule has 0 saturated carbocycles. The first-order chi connectivity index (χ1) is 11.9. The van der Waals surface area contributed by atoms with Gasteiger partial charge >= 0.3 is 11.9 Å². The Bertz CT molecular complexity index is 530. The summed E-state index contributed by atoms with van der Waals surface area (Å²) in [7, 11) is 0. The molecule has 25 heavy (non-hydrogen) atoms. The standard InChI is InChI=1S/C15H21Cl2NO.C2H2O4/c16-13-7-6-8-14(17)15(13)19-12-5-4-11-18-9-2-1-3-10-18;3-1(4)2(5)6/h6-8H,1-5,9-12H2;(H,3,4)(H,5,6). The lowest BCUT2D eigenvalue weighted by Gasteiger charge is -2.26. The van der Waals surface area contributed by atoms with E-state index in [0.29, 0.717) is 22.4 Å². The molecule has 1 aliphatic heterocycles. The molecule has 0 aromatic heterocycles. The molecule has 6 nitrogen and oxygen atoms in total. The maximum Gasteiger partial charge on any atom is 0.414 e. The summed E-state index contributed by atoms with van der Waals surface area (Å²) < 4.78 is 5.67. The van der Waals surface area contributed by atoms with E-state index in [1.165, 1.54) is 45.3 Å². The van der Waals surface area contributed by atoms with Gasteiger partial charge in [-0.2, -0.15) is 0 Å². The zero-order valence-electron chi connectivity index (χ0n) is 13.9. The van der Waals surface area contributed by atoms with Crippen molar-refractivity contribution >= 4 is 35.1 Å². The van der Waals surface area contributed by atoms with Gasteiger partial charge in [-0.3, -0.25) is 0 Å². The SMILES string of the molecule is Clc1cccc(Cl)c1OCCCCN1CCCCC1.O=C(O)C(=O)O. The quantitative estimate of drug-likeness (QED) is 0.566. The molecule has 1 aliphatic rings. The van der Waals surface area contributed by atoms with E-state index in [2.05, 4.69) is 4.90 Å². The average Bonchev–Trinajstić information content (AvgIpc) is 2.58. The summed E-state index contributed by atoms with van der Waals surface area (Å²) in [4.78, 5) is 20.7. The van der Waals surface area contributed by atoms with Crippen LogP contribution in [0.2, 0.25) is 10.0 Å². The number of para-hydroxylation sites is 1. The second-order valence-electron chi connectivity index (χ2n) is 5.62. The Morgan fingerprint density at radius 3 is 2.08 bits per heavy atom. The largest absolute Gasteiger partial charge is 0.490 e. The van der Waals surface area contributed by atoms with Gasteiger partial charge in [-0.15, -0.1) is 0 Å². The van der Waals surface area contributed by atoms with Crippen LogP contribution in [0.1, 0.15) is 32.1 Å². The van der Waals surface area contributed by atoms with E-state index in [1.54, 1.807) is 12.1 Å². The fourth-order valence-electron chi connectivity index (χ4n) is 2.42. The minimum absolute atomic E-state index is 0.587. The summed E-state index contributed by atoms with van der Waals surface area (Å²) in [5, 5.41) is 16.0. The molecule has 8 heteroatoms. The van der Waals surface area contributed by atoms with Crippen molar-refractivity contribution in [2.75, 3.05) is 26.2 Å². The normalized spacial score (nSPS) is 14.3. The van der Waals surface area contributed by atoms with E-state index >= 15 is 0 Å². The van der Waals surface area contributed by atoms with Crippen LogP contribution in [-0.4, -0.2) is 53.3 Å². The van der Waals surface area contributed by atoms with Gasteiger partial charge < -0.3 is 19.8 Å². The molecule has 0 radical (unpaired) electrons. The van der Waals surface area contributed by atoms with Gasteiger partial charge in [0.2, 0.25) is 0 Å². The Morgan fingerprint density at radius 2 is 1.56 bits per heavy atom. The number of halogens is 2. The number of ether oxygens (including phenoxy) is 1. The summed E-state index contributed by atoms with van der Waals surface area (Å²) in [6, 6.07) is 5.43. The molecule has 2 N–H and O–H groups in total. The summed E-state index contributed by atoms with van der Waals surface area (Å²) in [6.07, 6.45) is 6.31. The lowest BCUT2D eigenvalue weighted by molar-refractivity contribution is -0.159. The minimum Gasteiger partial charge on any atom is -0.490 e. The molecular weight excluding hydrogens is 369 g/mol. The second-order valence-corrected chi connectivity index (χ2v) is 6.43. The van der Waals surface area contributed by atoms with Gasteiger partial charge in [0, 0.05) is 0 Å². The van der Waals surface area contributed by atoms with Gasteiger partial charge in [0.05, 0.1) is 16.7 Å². The Hall–Kier alpha value is -1.50. The van der Waals surface area contributed by atoms with Gasteiger partial charge in [0.15, 0.2) is 5.75 Å². The first-order valence-electron chi connectivity index (χ1n) is 8.17. The number of carbonyl (C=O) groups is 2. The van der Waals surface area contributed by atoms with Gasteiger partial charge in [0.1, 0.15) is 0 Å². The molecule has 140 valence electrons. The van der Waals surface area contributed by atoms with Gasteiger partial charge in [-0.1, -0.05) is 35.7 Å². The third kappa shape index (κ3) is 8.95. The van der Waals surface area contributed by atoms with Gasteiger partial charge in [-0.25, -0.2) is 9.59 Å². The van der Waals surface area contributed by atoms with Crippen LogP contribution in [0.25, 0.3) is 0 Å². The van der Waals surface area contributed by atoms with Crippen molar-refractivity contribution in [1.29, 1.82) is 0 Å². The molecule has 1 aromatic rings. The zero-order chi connectivity index (χ0) is 18.7. The molecular formula is C17H23Cl2NO5. The minimum atomic E-state index is -1.82. The first kappa shape index (κ1) is 21.5. The van der Waals surface area contributed by atoms with Crippen molar-refractivity contribution in [3.63, 3.8) is 0 Å². The number of carboxylic acid groups (broad SMARTS) is 2. The number of unbranched alkanes of at least 4 members (excludes halogenated alkanes) is 1. The second kappa shape index (κ2) is 12.0. The van der Waals surface area contributed by atoms with Crippen LogP contribution in [0.15, 0.2) is 18.2 Å². The summed E-state index contributed by atoms with van der Waals surface area (Å²) >= 11 is 12.1. The number of piperidine rings is 1. The topological polar surface area (TPSA) is 87.1 Å². The van der Waals surface area contributed by atoms with E-state index in [-0.39, 0.29) is 0 Å². The van der Waals surface area contributed by atoms with E-state index in [0.717, 1.165) is 6.42 Å². The van der Waals surface area contributed by atoms with E-state index in [4.69, 9.17) is 47.7 Å². The molecule has 2 rings (SSSR count). The maximum absolute atomic E-state index is 9.10. The van der Waals surface area contributed by atoms with Crippen molar-refractivity contribution in [2.45, 2.75) is 32.1 Å². The van der Waals surface area contributed by atoms with E-state index < -0.39 is 11.9 Å². The van der Waals surface area contributed by atoms with Crippen molar-refractivity contribution < 1.29 is 24.5 Å². The molecule has 0 bridgehead atoms. The Labute approximate surface area is 157 Å². The third-order valence-electron chi connectivity index (χ3n) is 3.67. The number of aliphatic carboxylic acids is 2. The van der Waals surface area contributed by atoms with Gasteiger partial charge in [-0.05, 0) is 57.5 Å². The highest BCUT2D eigenvalue weighted by atomic mass is 35.5. The molecule has 1 saturated heterocycles. The molecule has 0 amide bonds. The molecule has 1 fully saturated rings. The van der Waals surface area contributed by atoms with Crippen molar-refractivity contribution in [2.24, 2.45) is 0 Å². The van der Waals surface area contributed by atoms with Crippen molar-refractivity contribution in [3.8, 4) is 5.75 Å². The lowest BCUT2D eigenvalue weighted by atomic mass is 10.1. The van der Waals surface area contributed by atoms with Crippen LogP contribution in [0.4, 0.5) is 0 Å². The number of likely N-dealkylation sites (tertiary alicyclic amines) is 1. The Morgan fingerprint density at radius 1 is 1.00 bits per heavy atom. The Kier molecular flexibility index (Phi) is 10.3. The number of rotatable bonds is 6. The number of hydrogen-bond donors (Lipinski definition) is 2. The average molecular weight is 392 g/mol. The molecule has 0 atom stereocenters. The predicted molar refractivity (Wildman–Crippen MR) is 96.8 cm³/mol. The van der Waals surface area contributed by atoms with Crippen LogP contribution >= 0.6 is 23.2 Å². The zero-order valence-corrected chi connectivity index (χ0v) is 15.4. The molecule has 0 unspecified atom stereocenters. The molecule has 1 heterocycles. The van der Waals surface area contributed by atoms with Crippen LogP contribution in [0.5, 0.6) is 5.75 Å². The first-order valence-corrected chi connectivity index (χ1v) is 8.92. The molecule has 0 spiro atoms. The van der Waals surface area contributed by atoms with Gasteiger partial charge in [0.25, 0.3) is 0 Å².